The van der Waals surface area contributed by atoms with E-state index in [9.17, 15) is 20.4 Å². The van der Waals surface area contributed by atoms with Crippen molar-refractivity contribution in [3.63, 3.8) is 0 Å². The molecule has 5 atom stereocenters. The monoisotopic (exact) mass is 290 g/mol. The van der Waals surface area contributed by atoms with Gasteiger partial charge in [0.05, 0.1) is 24.4 Å². The fraction of sp³-hybridized carbons (Fsp3) is 1.00. The Balaban J connectivity index is 3.78. The molecule has 0 aliphatic rings. The minimum atomic E-state index is -0.486. The van der Waals surface area contributed by atoms with Crippen LogP contribution in [0.2, 0.25) is 0 Å². The van der Waals surface area contributed by atoms with Gasteiger partial charge in [-0.05, 0) is 57.3 Å². The summed E-state index contributed by atoms with van der Waals surface area (Å²) in [6.45, 7) is 7.77. The predicted octanol–water partition coefficient (Wildman–Crippen LogP) is 2.08. The molecule has 0 aromatic rings. The molecule has 0 rings (SSSR count). The smallest absolute Gasteiger partial charge is 0.0567 e. The van der Waals surface area contributed by atoms with Gasteiger partial charge in [-0.15, -0.1) is 0 Å². The molecular weight excluding hydrogens is 256 g/mol. The lowest BCUT2D eigenvalue weighted by Crippen LogP contribution is -2.23. The Morgan fingerprint density at radius 3 is 1.65 bits per heavy atom. The van der Waals surface area contributed by atoms with Gasteiger partial charge in [-0.1, -0.05) is 20.8 Å². The molecule has 0 saturated heterocycles. The highest BCUT2D eigenvalue weighted by atomic mass is 16.3. The van der Waals surface area contributed by atoms with E-state index in [-0.39, 0.29) is 12.0 Å². The van der Waals surface area contributed by atoms with Crippen molar-refractivity contribution in [1.29, 1.82) is 0 Å². The quantitative estimate of drug-likeness (QED) is 0.470. The van der Waals surface area contributed by atoms with Crippen molar-refractivity contribution in [2.24, 2.45) is 11.8 Å². The minimum absolute atomic E-state index is 0.0359. The first-order chi connectivity index (χ1) is 9.22. The molecule has 0 radical (unpaired) electrons. The van der Waals surface area contributed by atoms with E-state index in [0.29, 0.717) is 38.0 Å². The summed E-state index contributed by atoms with van der Waals surface area (Å²) in [5, 5.41) is 38.8. The topological polar surface area (TPSA) is 80.9 Å². The molecule has 0 aromatic heterocycles. The highest BCUT2D eigenvalue weighted by molar-refractivity contribution is 4.70. The third kappa shape index (κ3) is 10.6. The number of aliphatic hydroxyl groups excluding tert-OH is 4. The van der Waals surface area contributed by atoms with Crippen molar-refractivity contribution in [3.05, 3.63) is 0 Å². The van der Waals surface area contributed by atoms with Gasteiger partial charge in [0.15, 0.2) is 0 Å². The van der Waals surface area contributed by atoms with Crippen LogP contribution in [0, 0.1) is 11.8 Å². The van der Waals surface area contributed by atoms with Gasteiger partial charge < -0.3 is 20.4 Å². The van der Waals surface area contributed by atoms with Crippen LogP contribution in [0.4, 0.5) is 0 Å². The van der Waals surface area contributed by atoms with Crippen LogP contribution >= 0.6 is 0 Å². The minimum Gasteiger partial charge on any atom is -0.393 e. The van der Waals surface area contributed by atoms with Crippen molar-refractivity contribution in [2.45, 2.75) is 90.6 Å². The molecule has 0 fully saturated rings. The molecule has 0 bridgehead atoms. The first-order valence-electron chi connectivity index (χ1n) is 7.94. The molecule has 0 aliphatic carbocycles. The van der Waals surface area contributed by atoms with E-state index in [1.165, 1.54) is 0 Å². The average Bonchev–Trinajstić information content (AvgIpc) is 2.31. The van der Waals surface area contributed by atoms with Crippen LogP contribution in [-0.2, 0) is 0 Å². The van der Waals surface area contributed by atoms with Gasteiger partial charge in [-0.25, -0.2) is 0 Å². The lowest BCUT2D eigenvalue weighted by atomic mass is 9.92. The first kappa shape index (κ1) is 19.8. The van der Waals surface area contributed by atoms with E-state index < -0.39 is 18.3 Å². The summed E-state index contributed by atoms with van der Waals surface area (Å²) < 4.78 is 0. The Morgan fingerprint density at radius 2 is 1.15 bits per heavy atom. The second-order valence-corrected chi connectivity index (χ2v) is 6.72. The van der Waals surface area contributed by atoms with E-state index in [4.69, 9.17) is 0 Å². The molecule has 20 heavy (non-hydrogen) atoms. The lowest BCUT2D eigenvalue weighted by molar-refractivity contribution is 0.0484. The van der Waals surface area contributed by atoms with E-state index in [1.807, 2.05) is 6.92 Å². The summed E-state index contributed by atoms with van der Waals surface area (Å²) in [6.07, 6.45) is 1.90. The van der Waals surface area contributed by atoms with E-state index >= 15 is 0 Å². The summed E-state index contributed by atoms with van der Waals surface area (Å²) in [5.74, 6) is 0.499. The van der Waals surface area contributed by atoms with Crippen LogP contribution < -0.4 is 0 Å². The Bertz CT molecular complexity index is 231. The third-order valence-corrected chi connectivity index (χ3v) is 3.74. The molecule has 0 aliphatic heterocycles. The van der Waals surface area contributed by atoms with E-state index in [2.05, 4.69) is 13.8 Å². The molecule has 5 unspecified atom stereocenters. The molecular formula is C16H34O4. The zero-order valence-corrected chi connectivity index (χ0v) is 13.5. The average molecular weight is 290 g/mol. The standard InChI is InChI=1S/C16H34O4/c1-11(2)9-15(19)6-5-14(18)7-8-16(20)12(3)10-13(4)17/h11-20H,5-10H2,1-4H3. The van der Waals surface area contributed by atoms with Crippen molar-refractivity contribution < 1.29 is 20.4 Å². The fourth-order valence-electron chi connectivity index (χ4n) is 2.53. The molecule has 4 heteroatoms. The number of aliphatic hydroxyl groups is 4. The maximum atomic E-state index is 9.94. The van der Waals surface area contributed by atoms with Crippen LogP contribution in [0.3, 0.4) is 0 Å². The molecule has 0 spiro atoms. The summed E-state index contributed by atoms with van der Waals surface area (Å²) in [4.78, 5) is 0. The highest BCUT2D eigenvalue weighted by Crippen LogP contribution is 2.18. The molecule has 0 saturated carbocycles. The summed E-state index contributed by atoms with van der Waals surface area (Å²) in [6, 6.07) is 0. The maximum absolute atomic E-state index is 9.94. The maximum Gasteiger partial charge on any atom is 0.0567 e. The molecule has 0 amide bonds. The number of hydrogen-bond acceptors (Lipinski definition) is 4. The second kappa shape index (κ2) is 10.6. The number of hydrogen-bond donors (Lipinski definition) is 4. The zero-order chi connectivity index (χ0) is 15.7. The molecule has 0 aromatic carbocycles. The van der Waals surface area contributed by atoms with Crippen LogP contribution in [0.15, 0.2) is 0 Å². The van der Waals surface area contributed by atoms with Gasteiger partial charge in [-0.2, -0.15) is 0 Å². The lowest BCUT2D eigenvalue weighted by Gasteiger charge is -2.21. The Morgan fingerprint density at radius 1 is 0.650 bits per heavy atom. The summed E-state index contributed by atoms with van der Waals surface area (Å²) in [7, 11) is 0. The van der Waals surface area contributed by atoms with Gasteiger partial charge in [0.2, 0.25) is 0 Å². The summed E-state index contributed by atoms with van der Waals surface area (Å²) >= 11 is 0. The molecule has 122 valence electrons. The van der Waals surface area contributed by atoms with Crippen molar-refractivity contribution in [2.75, 3.05) is 0 Å². The largest absolute Gasteiger partial charge is 0.393 e. The Labute approximate surface area is 123 Å². The Hall–Kier alpha value is -0.160. The fourth-order valence-corrected chi connectivity index (χ4v) is 2.53. The number of rotatable bonds is 11. The van der Waals surface area contributed by atoms with Crippen molar-refractivity contribution in [1.82, 2.24) is 0 Å². The summed E-state index contributed by atoms with van der Waals surface area (Å²) in [5.41, 5.74) is 0. The van der Waals surface area contributed by atoms with E-state index in [1.54, 1.807) is 6.92 Å². The first-order valence-corrected chi connectivity index (χ1v) is 7.94. The van der Waals surface area contributed by atoms with Crippen molar-refractivity contribution in [3.8, 4) is 0 Å². The van der Waals surface area contributed by atoms with Crippen LogP contribution in [0.1, 0.15) is 66.2 Å². The Kier molecular flexibility index (Phi) is 10.5. The SMILES string of the molecule is CC(C)CC(O)CCC(O)CCC(O)C(C)CC(C)O. The highest BCUT2D eigenvalue weighted by Gasteiger charge is 2.18. The van der Waals surface area contributed by atoms with E-state index in [0.717, 1.165) is 6.42 Å². The second-order valence-electron chi connectivity index (χ2n) is 6.72. The van der Waals surface area contributed by atoms with Crippen LogP contribution in [0.5, 0.6) is 0 Å². The molecule has 4 nitrogen and oxygen atoms in total. The van der Waals surface area contributed by atoms with Gasteiger partial charge in [0.25, 0.3) is 0 Å². The zero-order valence-electron chi connectivity index (χ0n) is 13.5. The van der Waals surface area contributed by atoms with Gasteiger partial charge >= 0.3 is 0 Å². The predicted molar refractivity (Wildman–Crippen MR) is 81.4 cm³/mol. The van der Waals surface area contributed by atoms with Gasteiger partial charge in [0.1, 0.15) is 0 Å². The van der Waals surface area contributed by atoms with Crippen LogP contribution in [-0.4, -0.2) is 44.8 Å². The van der Waals surface area contributed by atoms with Crippen LogP contribution in [0.25, 0.3) is 0 Å². The van der Waals surface area contributed by atoms with Gasteiger partial charge in [-0.3, -0.25) is 0 Å². The normalized spacial score (nSPS) is 19.6. The molecule has 0 heterocycles. The molecule has 4 N–H and O–H groups in total. The van der Waals surface area contributed by atoms with Crippen molar-refractivity contribution >= 4 is 0 Å². The van der Waals surface area contributed by atoms with Gasteiger partial charge in [0, 0.05) is 0 Å². The third-order valence-electron chi connectivity index (χ3n) is 3.74.